The second-order valence-corrected chi connectivity index (χ2v) is 6.04. The molecule has 114 valence electrons. The Morgan fingerprint density at radius 3 is 3.00 bits per heavy atom. The fraction of sp³-hybridized carbons (Fsp3) is 0.412. The second kappa shape index (κ2) is 5.25. The highest BCUT2D eigenvalue weighted by Crippen LogP contribution is 2.30. The van der Waals surface area contributed by atoms with Gasteiger partial charge in [0.2, 0.25) is 5.76 Å². The Labute approximate surface area is 128 Å². The van der Waals surface area contributed by atoms with Crippen LogP contribution in [0.15, 0.2) is 28.8 Å². The quantitative estimate of drug-likeness (QED) is 0.877. The van der Waals surface area contributed by atoms with E-state index in [9.17, 15) is 9.90 Å². The van der Waals surface area contributed by atoms with Crippen LogP contribution in [0.5, 0.6) is 0 Å². The highest BCUT2D eigenvalue weighted by atomic mass is 16.5. The van der Waals surface area contributed by atoms with Gasteiger partial charge >= 0.3 is 0 Å². The monoisotopic (exact) mass is 298 g/mol. The van der Waals surface area contributed by atoms with Gasteiger partial charge in [0, 0.05) is 12.1 Å². The first-order chi connectivity index (χ1) is 10.7. The van der Waals surface area contributed by atoms with Crippen molar-refractivity contribution in [3.63, 3.8) is 0 Å². The Bertz CT molecular complexity index is 722. The smallest absolute Gasteiger partial charge is 0.293 e. The van der Waals surface area contributed by atoms with Crippen LogP contribution < -0.4 is 0 Å². The van der Waals surface area contributed by atoms with E-state index < -0.39 is 6.10 Å². The number of β-amino-alcohol motifs (C(OH)–C–C–N with tert-alkyl or cyclic N) is 1. The molecule has 1 aromatic carbocycles. The molecule has 1 amide bonds. The van der Waals surface area contributed by atoms with E-state index in [2.05, 4.69) is 5.16 Å². The van der Waals surface area contributed by atoms with Gasteiger partial charge in [0.25, 0.3) is 5.91 Å². The molecule has 0 saturated carbocycles. The summed E-state index contributed by atoms with van der Waals surface area (Å²) in [4.78, 5) is 14.4. The molecule has 2 aromatic rings. The van der Waals surface area contributed by atoms with E-state index in [-0.39, 0.29) is 5.91 Å². The number of carbonyl (C=O) groups excluding carboxylic acids is 1. The highest BCUT2D eigenvalue weighted by molar-refractivity contribution is 5.93. The SMILES string of the molecule is O=C(c1onc2c1CCCC2)N1Cc2ccccc2C(O)C1. The molecular formula is C17H18N2O3. The molecule has 22 heavy (non-hydrogen) atoms. The number of amides is 1. The van der Waals surface area contributed by atoms with Gasteiger partial charge in [-0.1, -0.05) is 29.4 Å². The molecule has 2 heterocycles. The third-order valence-corrected chi connectivity index (χ3v) is 4.61. The van der Waals surface area contributed by atoms with Crippen molar-refractivity contribution in [1.82, 2.24) is 10.1 Å². The summed E-state index contributed by atoms with van der Waals surface area (Å²) >= 11 is 0. The third kappa shape index (κ3) is 2.13. The summed E-state index contributed by atoms with van der Waals surface area (Å²) in [5, 5.41) is 14.3. The maximum absolute atomic E-state index is 12.8. The number of carbonyl (C=O) groups is 1. The molecule has 1 N–H and O–H groups in total. The standard InChI is InChI=1S/C17H18N2O3/c20-15-10-19(9-11-5-1-2-6-12(11)15)17(21)16-13-7-3-4-8-14(13)18-22-16/h1-2,5-6,15,20H,3-4,7-10H2. The molecule has 5 heteroatoms. The van der Waals surface area contributed by atoms with Crippen LogP contribution in [-0.2, 0) is 19.4 Å². The predicted molar refractivity (Wildman–Crippen MR) is 79.3 cm³/mol. The zero-order chi connectivity index (χ0) is 15.1. The molecule has 1 unspecified atom stereocenters. The van der Waals surface area contributed by atoms with E-state index in [4.69, 9.17) is 4.52 Å². The first-order valence-corrected chi connectivity index (χ1v) is 7.76. The summed E-state index contributed by atoms with van der Waals surface area (Å²) < 4.78 is 5.33. The first kappa shape index (κ1) is 13.5. The maximum atomic E-state index is 12.8. The van der Waals surface area contributed by atoms with Crippen LogP contribution in [0.2, 0.25) is 0 Å². The molecule has 5 nitrogen and oxygen atoms in total. The topological polar surface area (TPSA) is 66.6 Å². The van der Waals surface area contributed by atoms with Gasteiger partial charge < -0.3 is 14.5 Å². The molecule has 0 saturated heterocycles. The number of benzene rings is 1. The maximum Gasteiger partial charge on any atom is 0.293 e. The van der Waals surface area contributed by atoms with E-state index >= 15 is 0 Å². The van der Waals surface area contributed by atoms with Crippen molar-refractivity contribution >= 4 is 5.91 Å². The van der Waals surface area contributed by atoms with E-state index in [0.29, 0.717) is 18.8 Å². The molecule has 0 bridgehead atoms. The number of aromatic nitrogens is 1. The zero-order valence-electron chi connectivity index (χ0n) is 12.3. The Hall–Kier alpha value is -2.14. The molecule has 0 spiro atoms. The van der Waals surface area contributed by atoms with E-state index in [1.807, 2.05) is 24.3 Å². The Balaban J connectivity index is 1.63. The van der Waals surface area contributed by atoms with Gasteiger partial charge in [-0.15, -0.1) is 0 Å². The van der Waals surface area contributed by atoms with E-state index in [1.54, 1.807) is 4.90 Å². The summed E-state index contributed by atoms with van der Waals surface area (Å²) in [6.45, 7) is 0.798. The first-order valence-electron chi connectivity index (χ1n) is 7.76. The van der Waals surface area contributed by atoms with Crippen molar-refractivity contribution in [2.75, 3.05) is 6.54 Å². The molecule has 1 aromatic heterocycles. The molecule has 0 radical (unpaired) electrons. The average Bonchev–Trinajstić information content (AvgIpc) is 2.98. The van der Waals surface area contributed by atoms with Crippen LogP contribution in [0.25, 0.3) is 0 Å². The Morgan fingerprint density at radius 2 is 2.09 bits per heavy atom. The van der Waals surface area contributed by atoms with Crippen LogP contribution >= 0.6 is 0 Å². The summed E-state index contributed by atoms with van der Waals surface area (Å²) in [6, 6.07) is 7.70. The van der Waals surface area contributed by atoms with Crippen molar-refractivity contribution in [3.05, 3.63) is 52.4 Å². The number of aliphatic hydroxyl groups is 1. The second-order valence-electron chi connectivity index (χ2n) is 6.04. The summed E-state index contributed by atoms with van der Waals surface area (Å²) in [6.07, 6.45) is 3.26. The van der Waals surface area contributed by atoms with Crippen LogP contribution in [0.1, 0.15) is 51.9 Å². The van der Waals surface area contributed by atoms with Crippen molar-refractivity contribution in [2.24, 2.45) is 0 Å². The van der Waals surface area contributed by atoms with Gasteiger partial charge in [-0.25, -0.2) is 0 Å². The Morgan fingerprint density at radius 1 is 1.27 bits per heavy atom. The lowest BCUT2D eigenvalue weighted by molar-refractivity contribution is 0.0512. The molecule has 0 fully saturated rings. The fourth-order valence-electron chi connectivity index (χ4n) is 3.44. The molecule has 1 aliphatic heterocycles. The Kier molecular flexibility index (Phi) is 3.22. The fourth-order valence-corrected chi connectivity index (χ4v) is 3.44. The minimum absolute atomic E-state index is 0.163. The lowest BCUT2D eigenvalue weighted by Gasteiger charge is -2.31. The largest absolute Gasteiger partial charge is 0.387 e. The normalized spacial score (nSPS) is 20.4. The summed E-state index contributed by atoms with van der Waals surface area (Å²) in [7, 11) is 0. The van der Waals surface area contributed by atoms with Crippen LogP contribution in [0.3, 0.4) is 0 Å². The lowest BCUT2D eigenvalue weighted by atomic mass is 9.94. The number of hydrogen-bond donors (Lipinski definition) is 1. The average molecular weight is 298 g/mol. The summed E-state index contributed by atoms with van der Waals surface area (Å²) in [5.41, 5.74) is 3.78. The number of hydrogen-bond acceptors (Lipinski definition) is 4. The van der Waals surface area contributed by atoms with Crippen molar-refractivity contribution in [3.8, 4) is 0 Å². The predicted octanol–water partition coefficient (Wildman–Crippen LogP) is 2.24. The minimum atomic E-state index is -0.646. The zero-order valence-corrected chi connectivity index (χ0v) is 12.3. The van der Waals surface area contributed by atoms with Crippen molar-refractivity contribution in [1.29, 1.82) is 0 Å². The van der Waals surface area contributed by atoms with Crippen LogP contribution in [0.4, 0.5) is 0 Å². The lowest BCUT2D eigenvalue weighted by Crippen LogP contribution is -2.38. The van der Waals surface area contributed by atoms with Gasteiger partial charge in [0.15, 0.2) is 0 Å². The van der Waals surface area contributed by atoms with Crippen molar-refractivity contribution < 1.29 is 14.4 Å². The molecule has 1 aliphatic carbocycles. The minimum Gasteiger partial charge on any atom is -0.387 e. The van der Waals surface area contributed by atoms with Gasteiger partial charge in [-0.3, -0.25) is 4.79 Å². The van der Waals surface area contributed by atoms with Crippen LogP contribution in [0, 0.1) is 0 Å². The number of fused-ring (bicyclic) bond motifs is 2. The van der Waals surface area contributed by atoms with Gasteiger partial charge in [0.1, 0.15) is 0 Å². The molecule has 1 atom stereocenters. The summed E-state index contributed by atoms with van der Waals surface area (Å²) in [5.74, 6) is 0.200. The van der Waals surface area contributed by atoms with Crippen LogP contribution in [-0.4, -0.2) is 27.6 Å². The van der Waals surface area contributed by atoms with Gasteiger partial charge in [-0.05, 0) is 36.8 Å². The number of rotatable bonds is 1. The van der Waals surface area contributed by atoms with Crippen molar-refractivity contribution in [2.45, 2.75) is 38.3 Å². The highest BCUT2D eigenvalue weighted by Gasteiger charge is 2.32. The van der Waals surface area contributed by atoms with E-state index in [1.165, 1.54) is 0 Å². The number of aryl methyl sites for hydroxylation is 1. The van der Waals surface area contributed by atoms with E-state index in [0.717, 1.165) is 48.1 Å². The van der Waals surface area contributed by atoms with Gasteiger partial charge in [0.05, 0.1) is 18.3 Å². The molecule has 4 rings (SSSR count). The molecule has 2 aliphatic rings. The number of nitrogens with zero attached hydrogens (tertiary/aromatic N) is 2. The number of aliphatic hydroxyl groups excluding tert-OH is 1. The van der Waals surface area contributed by atoms with Gasteiger partial charge in [-0.2, -0.15) is 0 Å². The third-order valence-electron chi connectivity index (χ3n) is 4.61. The molecular weight excluding hydrogens is 280 g/mol.